The molecule has 0 saturated heterocycles. The molecule has 1 atom stereocenters. The van der Waals surface area contributed by atoms with E-state index in [1.165, 1.54) is 18.0 Å². The van der Waals surface area contributed by atoms with Gasteiger partial charge in [-0.2, -0.15) is 5.10 Å². The van der Waals surface area contributed by atoms with E-state index in [-0.39, 0.29) is 4.90 Å². The first-order chi connectivity index (χ1) is 9.96. The first-order valence-electron chi connectivity index (χ1n) is 7.11. The number of aryl methyl sites for hydroxylation is 1. The Balaban J connectivity index is 2.16. The highest BCUT2D eigenvalue weighted by Crippen LogP contribution is 2.22. The summed E-state index contributed by atoms with van der Waals surface area (Å²) >= 11 is 0. The molecule has 1 N–H and O–H groups in total. The molecular weight excluding hydrogens is 286 g/mol. The average Bonchev–Trinajstić information content (AvgIpc) is 2.96. The van der Waals surface area contributed by atoms with Gasteiger partial charge in [0.1, 0.15) is 4.90 Å². The lowest BCUT2D eigenvalue weighted by Crippen LogP contribution is -2.12. The smallest absolute Gasteiger partial charge is 0.265 e. The molecule has 5 nitrogen and oxygen atoms in total. The lowest BCUT2D eigenvalue weighted by molar-refractivity contribution is 0.600. The molecule has 114 valence electrons. The van der Waals surface area contributed by atoms with Crippen molar-refractivity contribution in [3.63, 3.8) is 0 Å². The standard InChI is InChI=1S/C15H21N3O2S/c1-4-12(3)13-6-8-14(9-7-13)17-21(19,20)15-10-16-18(5-2)11-15/h6-12,17H,4-5H2,1-3H3. The van der Waals surface area contributed by atoms with E-state index in [2.05, 4.69) is 23.7 Å². The summed E-state index contributed by atoms with van der Waals surface area (Å²) in [4.78, 5) is 0.176. The monoisotopic (exact) mass is 307 g/mol. The molecule has 0 radical (unpaired) electrons. The molecule has 1 aromatic heterocycles. The van der Waals surface area contributed by atoms with Crippen molar-refractivity contribution < 1.29 is 8.42 Å². The fourth-order valence-electron chi connectivity index (χ4n) is 1.99. The Morgan fingerprint density at radius 1 is 1.24 bits per heavy atom. The molecule has 1 unspecified atom stereocenters. The fourth-order valence-corrected chi connectivity index (χ4v) is 3.00. The zero-order valence-corrected chi connectivity index (χ0v) is 13.4. The largest absolute Gasteiger partial charge is 0.280 e. The van der Waals surface area contributed by atoms with Crippen molar-refractivity contribution in [2.75, 3.05) is 4.72 Å². The maximum atomic E-state index is 12.2. The number of hydrogen-bond donors (Lipinski definition) is 1. The molecule has 2 aromatic rings. The summed E-state index contributed by atoms with van der Waals surface area (Å²) in [5.41, 5.74) is 1.77. The Kier molecular flexibility index (Phi) is 4.67. The summed E-state index contributed by atoms with van der Waals surface area (Å²) in [5, 5.41) is 3.99. The molecule has 0 amide bonds. The highest BCUT2D eigenvalue weighted by Gasteiger charge is 2.16. The van der Waals surface area contributed by atoms with E-state index in [1.807, 2.05) is 19.1 Å². The molecule has 6 heteroatoms. The Bertz CT molecular complexity index is 690. The van der Waals surface area contributed by atoms with E-state index in [1.54, 1.807) is 16.8 Å². The van der Waals surface area contributed by atoms with Gasteiger partial charge in [-0.15, -0.1) is 0 Å². The maximum Gasteiger partial charge on any atom is 0.265 e. The molecule has 0 aliphatic carbocycles. The predicted molar refractivity (Wildman–Crippen MR) is 83.9 cm³/mol. The maximum absolute atomic E-state index is 12.2. The number of anilines is 1. The van der Waals surface area contributed by atoms with Crippen LogP contribution in [0, 0.1) is 0 Å². The van der Waals surface area contributed by atoms with E-state index in [9.17, 15) is 8.42 Å². The normalized spacial score (nSPS) is 13.1. The van der Waals surface area contributed by atoms with Gasteiger partial charge in [0.15, 0.2) is 0 Å². The van der Waals surface area contributed by atoms with E-state index >= 15 is 0 Å². The molecule has 2 rings (SSSR count). The zero-order chi connectivity index (χ0) is 15.5. The van der Waals surface area contributed by atoms with Crippen LogP contribution in [0.15, 0.2) is 41.6 Å². The topological polar surface area (TPSA) is 64.0 Å². The molecule has 0 spiro atoms. The van der Waals surface area contributed by atoms with Crippen LogP contribution in [0.2, 0.25) is 0 Å². The second-order valence-electron chi connectivity index (χ2n) is 5.07. The molecule has 1 heterocycles. The van der Waals surface area contributed by atoms with Crippen molar-refractivity contribution >= 4 is 15.7 Å². The van der Waals surface area contributed by atoms with Gasteiger partial charge in [0.2, 0.25) is 0 Å². The van der Waals surface area contributed by atoms with Gasteiger partial charge in [0.25, 0.3) is 10.0 Å². The van der Waals surface area contributed by atoms with Gasteiger partial charge in [0, 0.05) is 18.4 Å². The van der Waals surface area contributed by atoms with Gasteiger partial charge in [0.05, 0.1) is 6.20 Å². The van der Waals surface area contributed by atoms with E-state index in [0.717, 1.165) is 6.42 Å². The number of rotatable bonds is 6. The average molecular weight is 307 g/mol. The molecule has 0 saturated carbocycles. The minimum Gasteiger partial charge on any atom is -0.280 e. The quantitative estimate of drug-likeness (QED) is 0.891. The number of benzene rings is 1. The zero-order valence-electron chi connectivity index (χ0n) is 12.6. The van der Waals surface area contributed by atoms with Gasteiger partial charge in [-0.3, -0.25) is 9.40 Å². The third-order valence-corrected chi connectivity index (χ3v) is 4.92. The van der Waals surface area contributed by atoms with E-state index in [4.69, 9.17) is 0 Å². The first kappa shape index (κ1) is 15.6. The van der Waals surface area contributed by atoms with Crippen LogP contribution in [0.5, 0.6) is 0 Å². The van der Waals surface area contributed by atoms with Crippen molar-refractivity contribution in [2.24, 2.45) is 0 Å². The van der Waals surface area contributed by atoms with Crippen LogP contribution in [0.4, 0.5) is 5.69 Å². The second-order valence-corrected chi connectivity index (χ2v) is 6.75. The number of hydrogen-bond acceptors (Lipinski definition) is 3. The van der Waals surface area contributed by atoms with Gasteiger partial charge < -0.3 is 0 Å². The second kappa shape index (κ2) is 6.30. The highest BCUT2D eigenvalue weighted by molar-refractivity contribution is 7.92. The molecule has 21 heavy (non-hydrogen) atoms. The number of nitrogens with one attached hydrogen (secondary N) is 1. The van der Waals surface area contributed by atoms with Crippen molar-refractivity contribution in [3.8, 4) is 0 Å². The van der Waals surface area contributed by atoms with Crippen LogP contribution in [0.25, 0.3) is 0 Å². The highest BCUT2D eigenvalue weighted by atomic mass is 32.2. The Morgan fingerprint density at radius 3 is 2.43 bits per heavy atom. The van der Waals surface area contributed by atoms with Crippen molar-refractivity contribution in [1.82, 2.24) is 9.78 Å². The van der Waals surface area contributed by atoms with Crippen LogP contribution in [0.1, 0.15) is 38.7 Å². The SMILES string of the molecule is CCC(C)c1ccc(NS(=O)(=O)c2cnn(CC)c2)cc1. The van der Waals surface area contributed by atoms with Gasteiger partial charge in [-0.25, -0.2) is 8.42 Å². The van der Waals surface area contributed by atoms with E-state index < -0.39 is 10.0 Å². The minimum absolute atomic E-state index is 0.176. The minimum atomic E-state index is -3.57. The molecule has 0 fully saturated rings. The van der Waals surface area contributed by atoms with Crippen molar-refractivity contribution in [2.45, 2.75) is 44.6 Å². The van der Waals surface area contributed by atoms with Gasteiger partial charge >= 0.3 is 0 Å². The van der Waals surface area contributed by atoms with Crippen molar-refractivity contribution in [3.05, 3.63) is 42.2 Å². The molecular formula is C15H21N3O2S. The number of nitrogens with zero attached hydrogens (tertiary/aromatic N) is 2. The van der Waals surface area contributed by atoms with E-state index in [0.29, 0.717) is 18.2 Å². The van der Waals surface area contributed by atoms with Crippen LogP contribution >= 0.6 is 0 Å². The summed E-state index contributed by atoms with van der Waals surface area (Å²) < 4.78 is 28.6. The van der Waals surface area contributed by atoms with Gasteiger partial charge in [-0.05, 0) is 37.0 Å². The fraction of sp³-hybridized carbons (Fsp3) is 0.400. The third-order valence-electron chi connectivity index (χ3n) is 3.59. The number of sulfonamides is 1. The van der Waals surface area contributed by atoms with Crippen LogP contribution in [0.3, 0.4) is 0 Å². The summed E-state index contributed by atoms with van der Waals surface area (Å²) in [6.45, 7) is 6.83. The third kappa shape index (κ3) is 3.64. The Morgan fingerprint density at radius 2 is 1.90 bits per heavy atom. The van der Waals surface area contributed by atoms with Gasteiger partial charge in [-0.1, -0.05) is 26.0 Å². The lowest BCUT2D eigenvalue weighted by atomic mass is 9.99. The summed E-state index contributed by atoms with van der Waals surface area (Å²) in [6.07, 6.45) is 3.94. The predicted octanol–water partition coefficient (Wildman–Crippen LogP) is 3.22. The molecule has 0 aliphatic rings. The molecule has 1 aromatic carbocycles. The summed E-state index contributed by atoms with van der Waals surface area (Å²) in [5.74, 6) is 0.471. The Labute approximate surface area is 126 Å². The van der Waals surface area contributed by atoms with Crippen molar-refractivity contribution in [1.29, 1.82) is 0 Å². The lowest BCUT2D eigenvalue weighted by Gasteiger charge is -2.11. The molecule has 0 bridgehead atoms. The summed E-state index contributed by atoms with van der Waals surface area (Å²) in [7, 11) is -3.57. The number of aromatic nitrogens is 2. The van der Waals surface area contributed by atoms with Crippen LogP contribution in [-0.4, -0.2) is 18.2 Å². The first-order valence-corrected chi connectivity index (χ1v) is 8.59. The molecule has 0 aliphatic heterocycles. The summed E-state index contributed by atoms with van der Waals surface area (Å²) in [6, 6.07) is 7.51. The van der Waals surface area contributed by atoms with Crippen LogP contribution < -0.4 is 4.72 Å². The Hall–Kier alpha value is -1.82. The van der Waals surface area contributed by atoms with Crippen LogP contribution in [-0.2, 0) is 16.6 Å².